The van der Waals surface area contributed by atoms with Crippen LogP contribution in [0.4, 0.5) is 0 Å². The number of hydrogen-bond donors (Lipinski definition) is 1. The van der Waals surface area contributed by atoms with Gasteiger partial charge < -0.3 is 9.55 Å². The first-order valence-electron chi connectivity index (χ1n) is 11.8. The molecule has 184 valence electrons. The first kappa shape index (κ1) is 23.1. The van der Waals surface area contributed by atoms with Gasteiger partial charge >= 0.3 is 5.69 Å². The molecule has 0 unspecified atom stereocenters. The van der Waals surface area contributed by atoms with Gasteiger partial charge in [0.2, 0.25) is 5.56 Å². The minimum atomic E-state index is -0.426. The van der Waals surface area contributed by atoms with Gasteiger partial charge in [-0.05, 0) is 28.0 Å². The summed E-state index contributed by atoms with van der Waals surface area (Å²) in [5.41, 5.74) is 2.40. The van der Waals surface area contributed by atoms with Crippen LogP contribution in [-0.2, 0) is 26.4 Å². The standard InChI is InChI=1S/C28H23N5O3S/c1-31-25-24(26(35)32(2)28(31)36)33(15-18-10-7-9-17-8-3-4-11-20(17)18)27(30-25)37-16-19-14-23(34)29-22-13-6-5-12-21(19)22/h3-14H,15-16H2,1-2H3,(H,29,34). The zero-order chi connectivity index (χ0) is 25.7. The molecule has 8 nitrogen and oxygen atoms in total. The molecular formula is C28H23N5O3S. The quantitative estimate of drug-likeness (QED) is 0.357. The zero-order valence-corrected chi connectivity index (χ0v) is 21.1. The first-order valence-corrected chi connectivity index (χ1v) is 12.8. The number of imidazole rings is 1. The highest BCUT2D eigenvalue weighted by Crippen LogP contribution is 2.29. The van der Waals surface area contributed by atoms with Crippen molar-refractivity contribution in [3.8, 4) is 0 Å². The lowest BCUT2D eigenvalue weighted by atomic mass is 10.0. The van der Waals surface area contributed by atoms with Crippen LogP contribution in [0.5, 0.6) is 0 Å². The third-order valence-corrected chi connectivity index (χ3v) is 7.74. The summed E-state index contributed by atoms with van der Waals surface area (Å²) < 4.78 is 4.41. The fourth-order valence-electron chi connectivity index (χ4n) is 4.82. The number of nitrogens with zero attached hydrogens (tertiary/aromatic N) is 4. The molecule has 0 fully saturated rings. The van der Waals surface area contributed by atoms with E-state index in [0.717, 1.165) is 37.4 Å². The van der Waals surface area contributed by atoms with E-state index in [-0.39, 0.29) is 11.1 Å². The molecule has 3 heterocycles. The van der Waals surface area contributed by atoms with E-state index >= 15 is 0 Å². The second kappa shape index (κ2) is 8.94. The van der Waals surface area contributed by atoms with Gasteiger partial charge in [0.25, 0.3) is 5.56 Å². The van der Waals surface area contributed by atoms with Crippen molar-refractivity contribution >= 4 is 44.6 Å². The fraction of sp³-hybridized carbons (Fsp3) is 0.143. The molecule has 0 spiro atoms. The molecular weight excluding hydrogens is 486 g/mol. The van der Waals surface area contributed by atoms with Crippen molar-refractivity contribution in [1.29, 1.82) is 0 Å². The maximum Gasteiger partial charge on any atom is 0.332 e. The Labute approximate surface area is 214 Å². The highest BCUT2D eigenvalue weighted by molar-refractivity contribution is 7.98. The van der Waals surface area contributed by atoms with Crippen molar-refractivity contribution in [1.82, 2.24) is 23.7 Å². The lowest BCUT2D eigenvalue weighted by molar-refractivity contribution is 0.697. The van der Waals surface area contributed by atoms with Gasteiger partial charge in [-0.1, -0.05) is 72.4 Å². The van der Waals surface area contributed by atoms with Crippen LogP contribution < -0.4 is 16.8 Å². The summed E-state index contributed by atoms with van der Waals surface area (Å²) in [6, 6.07) is 23.5. The summed E-state index contributed by atoms with van der Waals surface area (Å²) in [6.45, 7) is 0.406. The molecule has 0 bridgehead atoms. The molecule has 0 radical (unpaired) electrons. The number of pyridine rings is 1. The summed E-state index contributed by atoms with van der Waals surface area (Å²) in [4.78, 5) is 45.9. The van der Waals surface area contributed by atoms with Gasteiger partial charge in [0.1, 0.15) is 0 Å². The highest BCUT2D eigenvalue weighted by atomic mass is 32.2. The van der Waals surface area contributed by atoms with E-state index in [1.165, 1.54) is 23.4 Å². The summed E-state index contributed by atoms with van der Waals surface area (Å²) in [6.07, 6.45) is 0. The monoisotopic (exact) mass is 509 g/mol. The Morgan fingerprint density at radius 1 is 0.838 bits per heavy atom. The maximum atomic E-state index is 13.3. The molecule has 0 saturated heterocycles. The molecule has 37 heavy (non-hydrogen) atoms. The number of para-hydroxylation sites is 1. The van der Waals surface area contributed by atoms with Crippen LogP contribution in [0.25, 0.3) is 32.8 Å². The number of aryl methyl sites for hydroxylation is 1. The Morgan fingerprint density at radius 2 is 1.57 bits per heavy atom. The smallest absolute Gasteiger partial charge is 0.322 e. The molecule has 0 saturated carbocycles. The predicted molar refractivity (Wildman–Crippen MR) is 147 cm³/mol. The molecule has 0 aliphatic rings. The molecule has 6 aromatic rings. The van der Waals surface area contributed by atoms with Crippen molar-refractivity contribution in [2.45, 2.75) is 17.5 Å². The largest absolute Gasteiger partial charge is 0.332 e. The Bertz CT molecular complexity index is 2010. The molecule has 6 rings (SSSR count). The topological polar surface area (TPSA) is 94.7 Å². The van der Waals surface area contributed by atoms with Crippen molar-refractivity contribution in [2.24, 2.45) is 14.1 Å². The van der Waals surface area contributed by atoms with Crippen molar-refractivity contribution in [3.63, 3.8) is 0 Å². The number of aromatic nitrogens is 5. The predicted octanol–water partition coefficient (Wildman–Crippen LogP) is 3.77. The van der Waals surface area contributed by atoms with E-state index in [4.69, 9.17) is 4.98 Å². The van der Waals surface area contributed by atoms with Crippen LogP contribution in [0.1, 0.15) is 11.1 Å². The van der Waals surface area contributed by atoms with Gasteiger partial charge in [0.05, 0.1) is 6.54 Å². The van der Waals surface area contributed by atoms with Crippen LogP contribution in [0.15, 0.2) is 92.3 Å². The lowest BCUT2D eigenvalue weighted by Crippen LogP contribution is -2.37. The SMILES string of the molecule is Cn1c(=O)c2c(nc(SCc3cc(=O)[nH]c4ccccc34)n2Cc2cccc3ccccc23)n(C)c1=O. The van der Waals surface area contributed by atoms with Crippen LogP contribution in [0.2, 0.25) is 0 Å². The number of benzene rings is 3. The van der Waals surface area contributed by atoms with Crippen LogP contribution in [0, 0.1) is 0 Å². The average molecular weight is 510 g/mol. The van der Waals surface area contributed by atoms with Gasteiger partial charge in [0.15, 0.2) is 16.3 Å². The molecule has 0 atom stereocenters. The van der Waals surface area contributed by atoms with Crippen molar-refractivity contribution in [3.05, 3.63) is 115 Å². The summed E-state index contributed by atoms with van der Waals surface area (Å²) >= 11 is 1.44. The molecule has 0 amide bonds. The number of nitrogens with one attached hydrogen (secondary N) is 1. The lowest BCUT2D eigenvalue weighted by Gasteiger charge is -2.12. The highest BCUT2D eigenvalue weighted by Gasteiger charge is 2.20. The summed E-state index contributed by atoms with van der Waals surface area (Å²) in [5, 5.41) is 3.75. The van der Waals surface area contributed by atoms with Crippen molar-refractivity contribution < 1.29 is 0 Å². The van der Waals surface area contributed by atoms with Gasteiger partial charge in [-0.15, -0.1) is 0 Å². The second-order valence-electron chi connectivity index (χ2n) is 8.99. The van der Waals surface area contributed by atoms with Crippen LogP contribution in [0.3, 0.4) is 0 Å². The second-order valence-corrected chi connectivity index (χ2v) is 9.93. The Morgan fingerprint density at radius 3 is 2.41 bits per heavy atom. The molecule has 0 aliphatic carbocycles. The van der Waals surface area contributed by atoms with Crippen molar-refractivity contribution in [2.75, 3.05) is 0 Å². The number of fused-ring (bicyclic) bond motifs is 3. The van der Waals surface area contributed by atoms with E-state index in [0.29, 0.717) is 28.6 Å². The summed E-state index contributed by atoms with van der Waals surface area (Å²) in [7, 11) is 3.10. The van der Waals surface area contributed by atoms with Gasteiger partial charge in [-0.3, -0.25) is 18.7 Å². The van der Waals surface area contributed by atoms with Gasteiger partial charge in [-0.25, -0.2) is 9.78 Å². The third kappa shape index (κ3) is 3.88. The van der Waals surface area contributed by atoms with E-state index in [1.807, 2.05) is 53.1 Å². The number of hydrogen-bond acceptors (Lipinski definition) is 5. The number of H-pyrrole nitrogens is 1. The molecule has 1 N–H and O–H groups in total. The minimum absolute atomic E-state index is 0.171. The maximum absolute atomic E-state index is 13.3. The van der Waals surface area contributed by atoms with E-state index in [1.54, 1.807) is 13.1 Å². The van der Waals surface area contributed by atoms with E-state index in [2.05, 4.69) is 23.2 Å². The molecule has 3 aromatic carbocycles. The average Bonchev–Trinajstić information content (AvgIpc) is 3.27. The summed E-state index contributed by atoms with van der Waals surface area (Å²) in [5.74, 6) is 0.470. The molecule has 3 aromatic heterocycles. The fourth-order valence-corrected chi connectivity index (χ4v) is 5.81. The molecule has 9 heteroatoms. The number of aromatic amines is 1. The van der Waals surface area contributed by atoms with Gasteiger partial charge in [0, 0.05) is 36.8 Å². The van der Waals surface area contributed by atoms with Crippen LogP contribution >= 0.6 is 11.8 Å². The Kier molecular flexibility index (Phi) is 5.57. The van der Waals surface area contributed by atoms with E-state index < -0.39 is 5.69 Å². The van der Waals surface area contributed by atoms with Crippen LogP contribution in [-0.4, -0.2) is 23.7 Å². The van der Waals surface area contributed by atoms with E-state index in [9.17, 15) is 14.4 Å². The number of rotatable bonds is 5. The Balaban J connectivity index is 1.52. The Hall–Kier alpha value is -4.37. The third-order valence-electron chi connectivity index (χ3n) is 6.71. The zero-order valence-electron chi connectivity index (χ0n) is 20.3. The minimum Gasteiger partial charge on any atom is -0.322 e. The number of thioether (sulfide) groups is 1. The molecule has 0 aliphatic heterocycles. The van der Waals surface area contributed by atoms with Gasteiger partial charge in [-0.2, -0.15) is 0 Å². The first-order chi connectivity index (χ1) is 17.9. The normalized spacial score (nSPS) is 11.6.